The van der Waals surface area contributed by atoms with Crippen LogP contribution in [0.2, 0.25) is 0 Å². The Morgan fingerprint density at radius 1 is 0.762 bits per heavy atom. The first kappa shape index (κ1) is 17.8. The van der Waals surface area contributed by atoms with Crippen LogP contribution in [0.3, 0.4) is 0 Å². The van der Waals surface area contributed by atoms with Crippen LogP contribution >= 0.6 is 0 Å². The van der Waals surface area contributed by atoms with Gasteiger partial charge < -0.3 is 24.1 Å². The third kappa shape index (κ3) is 9.28. The van der Waals surface area contributed by atoms with Gasteiger partial charge in [0.1, 0.15) is 11.5 Å². The molecule has 0 aliphatic rings. The molecule has 0 amide bonds. The van der Waals surface area contributed by atoms with E-state index in [2.05, 4.69) is 0 Å². The summed E-state index contributed by atoms with van der Waals surface area (Å²) in [6, 6.07) is 7.50. The van der Waals surface area contributed by atoms with Crippen LogP contribution in [0.15, 0.2) is 24.3 Å². The van der Waals surface area contributed by atoms with Gasteiger partial charge in [0.25, 0.3) is 0 Å². The highest BCUT2D eigenvalue weighted by Crippen LogP contribution is 2.17. The molecule has 0 fully saturated rings. The van der Waals surface area contributed by atoms with Crippen molar-refractivity contribution in [3.63, 3.8) is 0 Å². The third-order valence-electron chi connectivity index (χ3n) is 2.73. The van der Waals surface area contributed by atoms with E-state index in [1.165, 1.54) is 0 Å². The molecule has 1 aromatic rings. The first-order chi connectivity index (χ1) is 10.4. The highest BCUT2D eigenvalue weighted by atomic mass is 16.5. The fourth-order valence-electron chi connectivity index (χ4n) is 1.65. The van der Waals surface area contributed by atoms with Crippen molar-refractivity contribution in [1.82, 2.24) is 0 Å². The lowest BCUT2D eigenvalue weighted by atomic mass is 10.3. The summed E-state index contributed by atoms with van der Waals surface area (Å²) < 4.78 is 21.4. The maximum absolute atomic E-state index is 8.67. The minimum Gasteiger partial charge on any atom is -0.494 e. The average Bonchev–Trinajstić information content (AvgIpc) is 2.52. The molecule has 5 heteroatoms. The second-order valence-electron chi connectivity index (χ2n) is 4.56. The van der Waals surface area contributed by atoms with Crippen molar-refractivity contribution in [2.45, 2.75) is 19.3 Å². The number of hydrogen-bond donors (Lipinski definition) is 1. The first-order valence-electron chi connectivity index (χ1n) is 7.40. The molecule has 0 bridgehead atoms. The van der Waals surface area contributed by atoms with Gasteiger partial charge in [0.15, 0.2) is 0 Å². The van der Waals surface area contributed by atoms with E-state index in [4.69, 9.17) is 24.1 Å². The largest absolute Gasteiger partial charge is 0.494 e. The average molecular weight is 298 g/mol. The van der Waals surface area contributed by atoms with Gasteiger partial charge in [0, 0.05) is 46.4 Å². The van der Waals surface area contributed by atoms with Gasteiger partial charge >= 0.3 is 0 Å². The number of rotatable bonds is 13. The Morgan fingerprint density at radius 2 is 1.29 bits per heavy atom. The van der Waals surface area contributed by atoms with E-state index >= 15 is 0 Å². The SMILES string of the molecule is COCCCOCCCOc1ccc(OCCCO)cc1. The highest BCUT2D eigenvalue weighted by molar-refractivity contribution is 5.31. The van der Waals surface area contributed by atoms with Crippen LogP contribution in [-0.4, -0.2) is 51.9 Å². The Bertz CT molecular complexity index is 339. The molecule has 0 aliphatic heterocycles. The number of hydrogen-bond acceptors (Lipinski definition) is 5. The van der Waals surface area contributed by atoms with E-state index in [1.807, 2.05) is 24.3 Å². The molecule has 0 atom stereocenters. The van der Waals surface area contributed by atoms with Gasteiger partial charge in [-0.3, -0.25) is 0 Å². The van der Waals surface area contributed by atoms with Crippen LogP contribution in [0, 0.1) is 0 Å². The second kappa shape index (κ2) is 12.4. The zero-order valence-electron chi connectivity index (χ0n) is 12.8. The number of methoxy groups -OCH3 is 1. The van der Waals surface area contributed by atoms with Crippen molar-refractivity contribution >= 4 is 0 Å². The van der Waals surface area contributed by atoms with Crippen molar-refractivity contribution in [3.8, 4) is 11.5 Å². The van der Waals surface area contributed by atoms with Crippen molar-refractivity contribution < 1.29 is 24.1 Å². The molecule has 120 valence electrons. The molecular formula is C16H26O5. The lowest BCUT2D eigenvalue weighted by Crippen LogP contribution is -2.05. The Labute approximate surface area is 126 Å². The standard InChI is InChI=1S/C16H26O5/c1-18-10-3-11-19-12-4-14-21-16-7-5-15(6-8-16)20-13-2-9-17/h5-8,17H,2-4,9-14H2,1H3. The topological polar surface area (TPSA) is 57.2 Å². The zero-order chi connectivity index (χ0) is 15.2. The van der Waals surface area contributed by atoms with Crippen molar-refractivity contribution in [1.29, 1.82) is 0 Å². The maximum Gasteiger partial charge on any atom is 0.119 e. The summed E-state index contributed by atoms with van der Waals surface area (Å²) in [5, 5.41) is 8.67. The molecule has 21 heavy (non-hydrogen) atoms. The Hall–Kier alpha value is -1.30. The predicted molar refractivity (Wildman–Crippen MR) is 81.1 cm³/mol. The monoisotopic (exact) mass is 298 g/mol. The molecule has 0 radical (unpaired) electrons. The zero-order valence-corrected chi connectivity index (χ0v) is 12.8. The van der Waals surface area contributed by atoms with E-state index in [-0.39, 0.29) is 6.61 Å². The number of aliphatic hydroxyl groups excluding tert-OH is 1. The molecule has 0 aromatic heterocycles. The molecule has 1 N–H and O–H groups in total. The van der Waals surface area contributed by atoms with Gasteiger partial charge in [-0.05, 0) is 30.7 Å². The van der Waals surface area contributed by atoms with Crippen LogP contribution in [0.4, 0.5) is 0 Å². The van der Waals surface area contributed by atoms with Gasteiger partial charge in [0.05, 0.1) is 13.2 Å². The van der Waals surface area contributed by atoms with Crippen LogP contribution in [0.25, 0.3) is 0 Å². The molecule has 1 rings (SSSR count). The van der Waals surface area contributed by atoms with E-state index < -0.39 is 0 Å². The summed E-state index contributed by atoms with van der Waals surface area (Å²) in [6.45, 7) is 3.48. The van der Waals surface area contributed by atoms with E-state index in [9.17, 15) is 0 Å². The molecule has 0 saturated carbocycles. The summed E-state index contributed by atoms with van der Waals surface area (Å²) in [7, 11) is 1.69. The molecule has 0 unspecified atom stereocenters. The highest BCUT2D eigenvalue weighted by Gasteiger charge is 1.97. The van der Waals surface area contributed by atoms with Gasteiger partial charge in [-0.15, -0.1) is 0 Å². The molecule has 5 nitrogen and oxygen atoms in total. The van der Waals surface area contributed by atoms with Gasteiger partial charge in [-0.1, -0.05) is 0 Å². The van der Waals surface area contributed by atoms with Crippen molar-refractivity contribution in [2.24, 2.45) is 0 Å². The predicted octanol–water partition coefficient (Wildman–Crippen LogP) is 2.27. The smallest absolute Gasteiger partial charge is 0.119 e. The van der Waals surface area contributed by atoms with Gasteiger partial charge in [-0.25, -0.2) is 0 Å². The van der Waals surface area contributed by atoms with E-state index in [0.29, 0.717) is 26.2 Å². The Kier molecular flexibility index (Phi) is 10.5. The fraction of sp³-hybridized carbons (Fsp3) is 0.625. The molecular weight excluding hydrogens is 272 g/mol. The lowest BCUT2D eigenvalue weighted by molar-refractivity contribution is 0.0940. The Balaban J connectivity index is 2.04. The van der Waals surface area contributed by atoms with Gasteiger partial charge in [-0.2, -0.15) is 0 Å². The van der Waals surface area contributed by atoms with Crippen molar-refractivity contribution in [2.75, 3.05) is 46.8 Å². The number of aliphatic hydroxyl groups is 1. The van der Waals surface area contributed by atoms with Crippen LogP contribution in [-0.2, 0) is 9.47 Å². The third-order valence-corrected chi connectivity index (χ3v) is 2.73. The van der Waals surface area contributed by atoms with Gasteiger partial charge in [0.2, 0.25) is 0 Å². The van der Waals surface area contributed by atoms with Crippen LogP contribution < -0.4 is 9.47 Å². The number of benzene rings is 1. The minimum atomic E-state index is 0.148. The fourth-order valence-corrected chi connectivity index (χ4v) is 1.65. The molecule has 0 spiro atoms. The number of ether oxygens (including phenoxy) is 4. The van der Waals surface area contributed by atoms with Crippen LogP contribution in [0.1, 0.15) is 19.3 Å². The lowest BCUT2D eigenvalue weighted by Gasteiger charge is -2.08. The quantitative estimate of drug-likeness (QED) is 0.566. The second-order valence-corrected chi connectivity index (χ2v) is 4.56. The summed E-state index contributed by atoms with van der Waals surface area (Å²) in [5.74, 6) is 1.61. The molecule has 1 aromatic carbocycles. The maximum atomic E-state index is 8.67. The van der Waals surface area contributed by atoms with E-state index in [1.54, 1.807) is 7.11 Å². The molecule has 0 saturated heterocycles. The summed E-state index contributed by atoms with van der Waals surface area (Å²) in [6.07, 6.45) is 2.43. The normalized spacial score (nSPS) is 10.6. The van der Waals surface area contributed by atoms with Crippen molar-refractivity contribution in [3.05, 3.63) is 24.3 Å². The molecule has 0 aliphatic carbocycles. The summed E-state index contributed by atoms with van der Waals surface area (Å²) >= 11 is 0. The first-order valence-corrected chi connectivity index (χ1v) is 7.40. The van der Waals surface area contributed by atoms with E-state index in [0.717, 1.165) is 37.6 Å². The van der Waals surface area contributed by atoms with Crippen LogP contribution in [0.5, 0.6) is 11.5 Å². The summed E-state index contributed by atoms with van der Waals surface area (Å²) in [4.78, 5) is 0. The minimum absolute atomic E-state index is 0.148. The Morgan fingerprint density at radius 3 is 1.81 bits per heavy atom. The summed E-state index contributed by atoms with van der Waals surface area (Å²) in [5.41, 5.74) is 0. The molecule has 0 heterocycles.